The summed E-state index contributed by atoms with van der Waals surface area (Å²) in [6, 6.07) is 10.2. The highest BCUT2D eigenvalue weighted by Crippen LogP contribution is 2.27. The van der Waals surface area contributed by atoms with Crippen LogP contribution in [-0.2, 0) is 0 Å². The topological polar surface area (TPSA) is 37.9 Å². The van der Waals surface area contributed by atoms with Gasteiger partial charge in [-0.2, -0.15) is 0 Å². The van der Waals surface area contributed by atoms with Crippen molar-refractivity contribution in [3.63, 3.8) is 0 Å². The molecule has 3 aromatic rings. The molecule has 2 aromatic heterocycles. The summed E-state index contributed by atoms with van der Waals surface area (Å²) in [6.45, 7) is 2.94. The molecule has 2 heterocycles. The minimum Gasteiger partial charge on any atom is -0.494 e. The number of unbranched alkanes of at least 4 members (excludes halogenated alkanes) is 1. The van der Waals surface area contributed by atoms with Gasteiger partial charge in [-0.15, -0.1) is 0 Å². The summed E-state index contributed by atoms with van der Waals surface area (Å²) < 4.78 is 5.71. The zero-order valence-corrected chi connectivity index (χ0v) is 10.4. The molecule has 3 nitrogen and oxygen atoms in total. The van der Waals surface area contributed by atoms with E-state index in [9.17, 15) is 0 Å². The number of nitrogens with zero attached hydrogens (tertiary/aromatic N) is 1. The summed E-state index contributed by atoms with van der Waals surface area (Å²) >= 11 is 0. The largest absolute Gasteiger partial charge is 0.494 e. The molecule has 3 heteroatoms. The molecule has 0 saturated heterocycles. The molecule has 3 rings (SSSR count). The van der Waals surface area contributed by atoms with Gasteiger partial charge in [0.25, 0.3) is 0 Å². The first kappa shape index (κ1) is 11.1. The number of ether oxygens (including phenoxy) is 1. The normalized spacial score (nSPS) is 11.2. The van der Waals surface area contributed by atoms with Gasteiger partial charge in [0.1, 0.15) is 11.4 Å². The summed E-state index contributed by atoms with van der Waals surface area (Å²) in [5, 5.41) is 2.36. The first-order chi connectivity index (χ1) is 8.88. The highest BCUT2D eigenvalue weighted by Gasteiger charge is 2.05. The molecule has 0 amide bonds. The summed E-state index contributed by atoms with van der Waals surface area (Å²) in [5.41, 5.74) is 2.01. The second kappa shape index (κ2) is 4.69. The van der Waals surface area contributed by atoms with Gasteiger partial charge in [-0.3, -0.25) is 0 Å². The molecule has 1 aromatic carbocycles. The van der Waals surface area contributed by atoms with Gasteiger partial charge in [0.15, 0.2) is 0 Å². The van der Waals surface area contributed by atoms with Crippen molar-refractivity contribution in [2.75, 3.05) is 6.61 Å². The van der Waals surface area contributed by atoms with Gasteiger partial charge in [0, 0.05) is 23.0 Å². The van der Waals surface area contributed by atoms with E-state index < -0.39 is 0 Å². The minimum atomic E-state index is 0.778. The van der Waals surface area contributed by atoms with Crippen LogP contribution in [0.4, 0.5) is 0 Å². The maximum Gasteiger partial charge on any atom is 0.138 e. The van der Waals surface area contributed by atoms with Gasteiger partial charge in [0.2, 0.25) is 0 Å². The fourth-order valence-electron chi connectivity index (χ4n) is 2.14. The van der Waals surface area contributed by atoms with Crippen LogP contribution in [0.1, 0.15) is 19.8 Å². The van der Waals surface area contributed by atoms with E-state index in [0.29, 0.717) is 0 Å². The van der Waals surface area contributed by atoms with Crippen LogP contribution in [-0.4, -0.2) is 16.6 Å². The molecule has 0 spiro atoms. The van der Waals surface area contributed by atoms with E-state index in [1.807, 2.05) is 18.2 Å². The molecular weight excluding hydrogens is 224 g/mol. The predicted octanol–water partition coefficient (Wildman–Crippen LogP) is 3.90. The van der Waals surface area contributed by atoms with Crippen molar-refractivity contribution >= 4 is 21.9 Å². The number of rotatable bonds is 4. The van der Waals surface area contributed by atoms with E-state index in [1.54, 1.807) is 6.20 Å². The van der Waals surface area contributed by atoms with Crippen LogP contribution in [0.3, 0.4) is 0 Å². The van der Waals surface area contributed by atoms with Gasteiger partial charge < -0.3 is 9.72 Å². The maximum absolute atomic E-state index is 5.71. The van der Waals surface area contributed by atoms with E-state index in [1.165, 1.54) is 5.39 Å². The lowest BCUT2D eigenvalue weighted by Gasteiger charge is -2.04. The number of fused-ring (bicyclic) bond motifs is 3. The highest BCUT2D eigenvalue weighted by molar-refractivity contribution is 6.06. The molecule has 0 saturated carbocycles. The zero-order valence-electron chi connectivity index (χ0n) is 10.4. The van der Waals surface area contributed by atoms with Crippen molar-refractivity contribution in [3.8, 4) is 5.75 Å². The zero-order chi connectivity index (χ0) is 12.4. The van der Waals surface area contributed by atoms with E-state index in [4.69, 9.17) is 4.74 Å². The number of nitrogens with one attached hydrogen (secondary N) is 1. The van der Waals surface area contributed by atoms with Gasteiger partial charge in [-0.1, -0.05) is 13.3 Å². The molecule has 92 valence electrons. The molecule has 0 fully saturated rings. The van der Waals surface area contributed by atoms with E-state index in [-0.39, 0.29) is 0 Å². The monoisotopic (exact) mass is 240 g/mol. The third-order valence-corrected chi connectivity index (χ3v) is 3.11. The number of aromatic nitrogens is 2. The van der Waals surface area contributed by atoms with Gasteiger partial charge >= 0.3 is 0 Å². The molecule has 0 aliphatic carbocycles. The first-order valence-corrected chi connectivity index (χ1v) is 6.38. The van der Waals surface area contributed by atoms with Crippen molar-refractivity contribution < 1.29 is 4.74 Å². The minimum absolute atomic E-state index is 0.778. The highest BCUT2D eigenvalue weighted by atomic mass is 16.5. The second-order valence-corrected chi connectivity index (χ2v) is 4.43. The van der Waals surface area contributed by atoms with Crippen molar-refractivity contribution in [1.29, 1.82) is 0 Å². The predicted molar refractivity (Wildman–Crippen MR) is 74.0 cm³/mol. The third kappa shape index (κ3) is 1.92. The lowest BCUT2D eigenvalue weighted by molar-refractivity contribution is 0.310. The van der Waals surface area contributed by atoms with Crippen LogP contribution >= 0.6 is 0 Å². The molecule has 0 bridgehead atoms. The Morgan fingerprint density at radius 2 is 2.17 bits per heavy atom. The third-order valence-electron chi connectivity index (χ3n) is 3.11. The summed E-state index contributed by atoms with van der Waals surface area (Å²) in [7, 11) is 0. The van der Waals surface area contributed by atoms with Gasteiger partial charge in [-0.25, -0.2) is 4.98 Å². The molecule has 18 heavy (non-hydrogen) atoms. The first-order valence-electron chi connectivity index (χ1n) is 6.38. The standard InChI is InChI=1S/C15H16N2O/c1-2-3-9-18-11-6-7-12-13-5-4-8-16-15(13)17-14(12)10-11/h4-8,10H,2-3,9H2,1H3,(H,16,17). The Kier molecular flexibility index (Phi) is 2.89. The summed E-state index contributed by atoms with van der Waals surface area (Å²) in [4.78, 5) is 7.64. The molecule has 0 aliphatic heterocycles. The van der Waals surface area contributed by atoms with Gasteiger partial charge in [0.05, 0.1) is 12.1 Å². The van der Waals surface area contributed by atoms with Crippen LogP contribution in [0.25, 0.3) is 21.9 Å². The number of hydrogen-bond donors (Lipinski definition) is 1. The average Bonchev–Trinajstić information content (AvgIpc) is 2.76. The SMILES string of the molecule is CCCCOc1ccc2c(c1)[nH]c1ncccc12. The summed E-state index contributed by atoms with van der Waals surface area (Å²) in [5.74, 6) is 0.919. The molecule has 0 unspecified atom stereocenters. The fourth-order valence-corrected chi connectivity index (χ4v) is 2.14. The smallest absolute Gasteiger partial charge is 0.138 e. The molecule has 1 N–H and O–H groups in total. The van der Waals surface area contributed by atoms with Crippen LogP contribution in [0, 0.1) is 0 Å². The molecule has 0 radical (unpaired) electrons. The Morgan fingerprint density at radius 3 is 3.06 bits per heavy atom. The second-order valence-electron chi connectivity index (χ2n) is 4.43. The Hall–Kier alpha value is -2.03. The average molecular weight is 240 g/mol. The van der Waals surface area contributed by atoms with Crippen LogP contribution in [0.2, 0.25) is 0 Å². The Balaban J connectivity index is 1.99. The van der Waals surface area contributed by atoms with Crippen LogP contribution in [0.15, 0.2) is 36.5 Å². The Labute approximate surface area is 106 Å². The molecule has 0 aliphatic rings. The van der Waals surface area contributed by atoms with Crippen molar-refractivity contribution in [2.45, 2.75) is 19.8 Å². The van der Waals surface area contributed by atoms with E-state index >= 15 is 0 Å². The number of hydrogen-bond acceptors (Lipinski definition) is 2. The quantitative estimate of drug-likeness (QED) is 0.702. The van der Waals surface area contributed by atoms with Crippen molar-refractivity contribution in [3.05, 3.63) is 36.5 Å². The van der Waals surface area contributed by atoms with Gasteiger partial charge in [-0.05, 0) is 30.7 Å². The number of benzene rings is 1. The lowest BCUT2D eigenvalue weighted by atomic mass is 10.2. The Morgan fingerprint density at radius 1 is 1.22 bits per heavy atom. The van der Waals surface area contributed by atoms with Crippen molar-refractivity contribution in [2.24, 2.45) is 0 Å². The summed E-state index contributed by atoms with van der Waals surface area (Å²) in [6.07, 6.45) is 4.04. The molecule has 0 atom stereocenters. The Bertz CT molecular complexity index is 672. The van der Waals surface area contributed by atoms with Crippen molar-refractivity contribution in [1.82, 2.24) is 9.97 Å². The maximum atomic E-state index is 5.71. The van der Waals surface area contributed by atoms with E-state index in [2.05, 4.69) is 29.0 Å². The van der Waals surface area contributed by atoms with Crippen LogP contribution < -0.4 is 4.74 Å². The lowest BCUT2D eigenvalue weighted by Crippen LogP contribution is -1.95. The number of H-pyrrole nitrogens is 1. The number of pyridine rings is 1. The molecular formula is C15H16N2O. The number of aromatic amines is 1. The fraction of sp³-hybridized carbons (Fsp3) is 0.267. The van der Waals surface area contributed by atoms with E-state index in [0.717, 1.165) is 41.7 Å². The van der Waals surface area contributed by atoms with Crippen LogP contribution in [0.5, 0.6) is 5.75 Å².